The summed E-state index contributed by atoms with van der Waals surface area (Å²) in [5, 5.41) is 9.45. The van der Waals surface area contributed by atoms with Crippen molar-refractivity contribution >= 4 is 17.0 Å². The molecule has 4 heteroatoms. The van der Waals surface area contributed by atoms with Gasteiger partial charge in [0.25, 0.3) is 0 Å². The van der Waals surface area contributed by atoms with Gasteiger partial charge in [0.2, 0.25) is 0 Å². The summed E-state index contributed by atoms with van der Waals surface area (Å²) in [5.74, 6) is 2.49. The van der Waals surface area contributed by atoms with Gasteiger partial charge < -0.3 is 9.67 Å². The number of benzene rings is 1. The third kappa shape index (κ3) is 2.23. The molecule has 0 unspecified atom stereocenters. The summed E-state index contributed by atoms with van der Waals surface area (Å²) < 4.78 is 2.15. The summed E-state index contributed by atoms with van der Waals surface area (Å²) in [5.41, 5.74) is 1.98. The number of rotatable bonds is 5. The second-order valence-electron chi connectivity index (χ2n) is 6.59. The van der Waals surface area contributed by atoms with Crippen LogP contribution in [0.15, 0.2) is 18.2 Å². The van der Waals surface area contributed by atoms with E-state index in [4.69, 9.17) is 0 Å². The van der Waals surface area contributed by atoms with Gasteiger partial charge in [-0.1, -0.05) is 6.07 Å². The van der Waals surface area contributed by atoms with Gasteiger partial charge in [-0.3, -0.25) is 0 Å². The summed E-state index contributed by atoms with van der Waals surface area (Å²) in [7, 11) is 0. The van der Waals surface area contributed by atoms with E-state index in [1.54, 1.807) is 12.1 Å². The number of carbonyl (C=O) groups is 1. The van der Waals surface area contributed by atoms with E-state index in [9.17, 15) is 9.90 Å². The topological polar surface area (TPSA) is 55.1 Å². The maximum Gasteiger partial charge on any atom is 0.337 e. The van der Waals surface area contributed by atoms with E-state index in [0.717, 1.165) is 35.2 Å². The van der Waals surface area contributed by atoms with Gasteiger partial charge in [-0.2, -0.15) is 0 Å². The first kappa shape index (κ1) is 12.9. The molecule has 2 saturated carbocycles. The number of aryl methyl sites for hydroxylation is 1. The van der Waals surface area contributed by atoms with Crippen LogP contribution in [0.4, 0.5) is 0 Å². The van der Waals surface area contributed by atoms with Crippen LogP contribution in [-0.4, -0.2) is 20.6 Å². The van der Waals surface area contributed by atoms with E-state index >= 15 is 0 Å². The Labute approximate surface area is 123 Å². The van der Waals surface area contributed by atoms with Crippen LogP contribution in [0.25, 0.3) is 11.0 Å². The summed E-state index contributed by atoms with van der Waals surface area (Å²) in [6.45, 7) is 2.92. The first-order valence-corrected chi connectivity index (χ1v) is 7.84. The molecule has 2 aliphatic carbocycles. The van der Waals surface area contributed by atoms with E-state index in [-0.39, 0.29) is 0 Å². The number of carboxylic acid groups (broad SMARTS) is 1. The molecule has 0 spiro atoms. The molecule has 0 atom stereocenters. The number of hydrogen-bond acceptors (Lipinski definition) is 2. The molecule has 4 nitrogen and oxygen atoms in total. The standard InChI is InChI=1S/C17H20N2O2/c1-10-18-15-4-2-3-13(17(20)21)16(15)19(10)9-14(11-5-6-11)12-7-8-12/h2-4,11-12,14H,5-9H2,1H3,(H,20,21). The Hall–Kier alpha value is -1.84. The SMILES string of the molecule is Cc1nc2cccc(C(=O)O)c2n1CC(C1CC1)C1CC1. The van der Waals surface area contributed by atoms with Crippen molar-refractivity contribution in [2.75, 3.05) is 0 Å². The Balaban J connectivity index is 1.79. The molecular weight excluding hydrogens is 264 g/mol. The highest BCUT2D eigenvalue weighted by Gasteiger charge is 2.41. The number of fused-ring (bicyclic) bond motifs is 1. The Bertz CT molecular complexity index is 699. The van der Waals surface area contributed by atoms with E-state index in [0.29, 0.717) is 11.5 Å². The highest BCUT2D eigenvalue weighted by molar-refractivity contribution is 6.01. The molecule has 4 rings (SSSR count). The van der Waals surface area contributed by atoms with Gasteiger partial charge in [0, 0.05) is 6.54 Å². The molecule has 1 heterocycles. The molecule has 1 aromatic heterocycles. The molecule has 0 bridgehead atoms. The smallest absolute Gasteiger partial charge is 0.337 e. The minimum Gasteiger partial charge on any atom is -0.478 e. The van der Waals surface area contributed by atoms with Gasteiger partial charge in [0.1, 0.15) is 5.82 Å². The van der Waals surface area contributed by atoms with Crippen molar-refractivity contribution in [3.63, 3.8) is 0 Å². The van der Waals surface area contributed by atoms with Gasteiger partial charge >= 0.3 is 5.97 Å². The van der Waals surface area contributed by atoms with Crippen molar-refractivity contribution in [3.05, 3.63) is 29.6 Å². The second-order valence-corrected chi connectivity index (χ2v) is 6.59. The predicted molar refractivity (Wildman–Crippen MR) is 80.4 cm³/mol. The normalized spacial score (nSPS) is 18.6. The summed E-state index contributed by atoms with van der Waals surface area (Å²) in [6.07, 6.45) is 5.38. The second kappa shape index (κ2) is 4.58. The van der Waals surface area contributed by atoms with Crippen LogP contribution < -0.4 is 0 Å². The summed E-state index contributed by atoms with van der Waals surface area (Å²) >= 11 is 0. The maximum atomic E-state index is 11.5. The molecule has 0 amide bonds. The molecule has 2 aliphatic rings. The third-order valence-corrected chi connectivity index (χ3v) is 5.04. The lowest BCUT2D eigenvalue weighted by molar-refractivity contribution is 0.0698. The maximum absolute atomic E-state index is 11.5. The fraction of sp³-hybridized carbons (Fsp3) is 0.529. The van der Waals surface area contributed by atoms with Crippen molar-refractivity contribution < 1.29 is 9.90 Å². The van der Waals surface area contributed by atoms with Crippen molar-refractivity contribution in [2.45, 2.75) is 39.2 Å². The van der Waals surface area contributed by atoms with Gasteiger partial charge in [0.05, 0.1) is 16.6 Å². The third-order valence-electron chi connectivity index (χ3n) is 5.04. The Kier molecular flexibility index (Phi) is 2.81. The van der Waals surface area contributed by atoms with E-state index in [2.05, 4.69) is 9.55 Å². The lowest BCUT2D eigenvalue weighted by Gasteiger charge is -2.18. The van der Waals surface area contributed by atoms with Crippen molar-refractivity contribution in [3.8, 4) is 0 Å². The molecule has 0 aliphatic heterocycles. The Morgan fingerprint density at radius 2 is 2.00 bits per heavy atom. The van der Waals surface area contributed by atoms with Crippen molar-refractivity contribution in [1.29, 1.82) is 0 Å². The molecule has 0 radical (unpaired) electrons. The first-order valence-electron chi connectivity index (χ1n) is 7.84. The highest BCUT2D eigenvalue weighted by Crippen LogP contribution is 2.50. The number of imidazole rings is 1. The fourth-order valence-electron chi connectivity index (χ4n) is 3.64. The molecule has 0 saturated heterocycles. The quantitative estimate of drug-likeness (QED) is 0.914. The van der Waals surface area contributed by atoms with Crippen LogP contribution in [0.3, 0.4) is 0 Å². The number of nitrogens with zero attached hydrogens (tertiary/aromatic N) is 2. The molecule has 2 aromatic rings. The van der Waals surface area contributed by atoms with Crippen LogP contribution in [0, 0.1) is 24.7 Å². The number of carboxylic acids is 1. The van der Waals surface area contributed by atoms with E-state index in [1.807, 2.05) is 13.0 Å². The van der Waals surface area contributed by atoms with Gasteiger partial charge in [-0.15, -0.1) is 0 Å². The molecule has 21 heavy (non-hydrogen) atoms. The van der Waals surface area contributed by atoms with Crippen molar-refractivity contribution in [2.24, 2.45) is 17.8 Å². The fourth-order valence-corrected chi connectivity index (χ4v) is 3.64. The van der Waals surface area contributed by atoms with Gasteiger partial charge in [0.15, 0.2) is 0 Å². The zero-order valence-electron chi connectivity index (χ0n) is 12.2. The average molecular weight is 284 g/mol. The minimum atomic E-state index is -0.865. The monoisotopic (exact) mass is 284 g/mol. The summed E-state index contributed by atoms with van der Waals surface area (Å²) in [6, 6.07) is 5.38. The lowest BCUT2D eigenvalue weighted by atomic mass is 9.97. The minimum absolute atomic E-state index is 0.374. The van der Waals surface area contributed by atoms with Gasteiger partial charge in [-0.25, -0.2) is 9.78 Å². The zero-order valence-corrected chi connectivity index (χ0v) is 12.2. The Morgan fingerprint density at radius 1 is 1.33 bits per heavy atom. The number of para-hydroxylation sites is 1. The van der Waals surface area contributed by atoms with Crippen LogP contribution in [0.1, 0.15) is 41.9 Å². The molecule has 2 fully saturated rings. The zero-order chi connectivity index (χ0) is 14.6. The first-order chi connectivity index (χ1) is 10.1. The predicted octanol–water partition coefficient (Wildman–Crippen LogP) is 3.48. The van der Waals surface area contributed by atoms with Gasteiger partial charge in [-0.05, 0) is 62.5 Å². The average Bonchev–Trinajstić information content (AvgIpc) is 3.34. The number of aromatic carboxylic acids is 1. The van der Waals surface area contributed by atoms with E-state index in [1.165, 1.54) is 25.7 Å². The van der Waals surface area contributed by atoms with Crippen LogP contribution >= 0.6 is 0 Å². The van der Waals surface area contributed by atoms with E-state index < -0.39 is 5.97 Å². The summed E-state index contributed by atoms with van der Waals surface area (Å²) in [4.78, 5) is 16.1. The Morgan fingerprint density at radius 3 is 2.57 bits per heavy atom. The largest absolute Gasteiger partial charge is 0.478 e. The van der Waals surface area contributed by atoms with Crippen LogP contribution in [-0.2, 0) is 6.54 Å². The molecule has 1 N–H and O–H groups in total. The van der Waals surface area contributed by atoms with Crippen LogP contribution in [0.5, 0.6) is 0 Å². The molecule has 110 valence electrons. The highest BCUT2D eigenvalue weighted by atomic mass is 16.4. The van der Waals surface area contributed by atoms with Crippen LogP contribution in [0.2, 0.25) is 0 Å². The molecule has 1 aromatic carbocycles. The molecular formula is C17H20N2O2. The lowest BCUT2D eigenvalue weighted by Crippen LogP contribution is -2.17. The number of hydrogen-bond donors (Lipinski definition) is 1. The number of aromatic nitrogens is 2. The van der Waals surface area contributed by atoms with Crippen molar-refractivity contribution in [1.82, 2.24) is 9.55 Å².